The summed E-state index contributed by atoms with van der Waals surface area (Å²) >= 11 is -1.44. The van der Waals surface area contributed by atoms with Gasteiger partial charge in [0.15, 0.2) is 0 Å². The first-order valence-corrected chi connectivity index (χ1v) is 15.0. The summed E-state index contributed by atoms with van der Waals surface area (Å²) < 4.78 is 52.1. The van der Waals surface area contributed by atoms with Gasteiger partial charge < -0.3 is 23.2 Å². The Bertz CT molecular complexity index is 1500. The maximum Gasteiger partial charge on any atom is 0.310 e. The number of carbonyl (C=O) groups is 1. The molecule has 0 aliphatic heterocycles. The van der Waals surface area contributed by atoms with Crippen molar-refractivity contribution < 1.29 is 32.4 Å². The molecular weight excluding hydrogens is 557 g/mol. The lowest BCUT2D eigenvalue weighted by Gasteiger charge is -2.27. The van der Waals surface area contributed by atoms with E-state index in [0.717, 1.165) is 27.6 Å². The van der Waals surface area contributed by atoms with Gasteiger partial charge in [-0.1, -0.05) is 36.4 Å². The number of methoxy groups -OCH3 is 1. The van der Waals surface area contributed by atoms with Gasteiger partial charge in [-0.05, 0) is 74.7 Å². The zero-order valence-electron chi connectivity index (χ0n) is 24.7. The Morgan fingerprint density at radius 2 is 1.86 bits per heavy atom. The zero-order chi connectivity index (χ0) is 30.3. The van der Waals surface area contributed by atoms with Crippen molar-refractivity contribution in [1.29, 1.82) is 0 Å². The molecule has 9 heteroatoms. The summed E-state index contributed by atoms with van der Waals surface area (Å²) in [5.74, 6) is 0.963. The van der Waals surface area contributed by atoms with E-state index in [4.69, 9.17) is 18.6 Å². The third-order valence-electron chi connectivity index (χ3n) is 6.58. The average molecular weight is 596 g/mol. The van der Waals surface area contributed by atoms with Gasteiger partial charge in [-0.3, -0.25) is 4.79 Å². The van der Waals surface area contributed by atoms with E-state index >= 15 is 0 Å². The van der Waals surface area contributed by atoms with Crippen molar-refractivity contribution >= 4 is 28.3 Å². The Labute approximate surface area is 249 Å². The van der Waals surface area contributed by atoms with Crippen molar-refractivity contribution in [1.82, 2.24) is 4.72 Å². The van der Waals surface area contributed by atoms with Crippen LogP contribution in [0.15, 0.2) is 71.1 Å². The number of fused-ring (bicyclic) bond motifs is 1. The fourth-order valence-electron chi connectivity index (χ4n) is 4.52. The van der Waals surface area contributed by atoms with E-state index in [1.165, 1.54) is 0 Å². The largest absolute Gasteiger partial charge is 0.598 e. The van der Waals surface area contributed by atoms with Crippen LogP contribution in [0.1, 0.15) is 56.2 Å². The van der Waals surface area contributed by atoms with E-state index in [-0.39, 0.29) is 19.0 Å². The van der Waals surface area contributed by atoms with Crippen LogP contribution in [-0.4, -0.2) is 35.7 Å². The van der Waals surface area contributed by atoms with Crippen LogP contribution in [-0.2, 0) is 45.3 Å². The van der Waals surface area contributed by atoms with Crippen molar-refractivity contribution in [2.45, 2.75) is 58.1 Å². The lowest BCUT2D eigenvalue weighted by molar-refractivity contribution is -0.142. The fourth-order valence-corrected chi connectivity index (χ4v) is 5.33. The molecule has 0 aliphatic rings. The summed E-state index contributed by atoms with van der Waals surface area (Å²) in [5.41, 5.74) is 4.61. The SMILES string of the molecule is CCOC(=O)Cc1ccccc1OCc1cc(-c2cccc([C@H](CF)N[S+]([O-])C(C)(C)C)c2)c2oc(COC)cc2c1. The Morgan fingerprint density at radius 1 is 1.07 bits per heavy atom. The van der Waals surface area contributed by atoms with Crippen LogP contribution >= 0.6 is 0 Å². The number of hydrogen-bond acceptors (Lipinski definition) is 7. The molecule has 0 saturated heterocycles. The van der Waals surface area contributed by atoms with Crippen molar-refractivity contribution in [2.24, 2.45) is 0 Å². The lowest BCUT2D eigenvalue weighted by atomic mass is 9.97. The van der Waals surface area contributed by atoms with Crippen LogP contribution in [0.2, 0.25) is 0 Å². The molecule has 0 saturated carbocycles. The van der Waals surface area contributed by atoms with Gasteiger partial charge in [0.2, 0.25) is 0 Å². The molecule has 0 radical (unpaired) electrons. The van der Waals surface area contributed by atoms with E-state index in [1.807, 2.05) is 87.5 Å². The second kappa shape index (κ2) is 14.2. The molecule has 1 unspecified atom stereocenters. The van der Waals surface area contributed by atoms with Crippen LogP contribution in [0, 0.1) is 0 Å². The highest BCUT2D eigenvalue weighted by Gasteiger charge is 2.30. The van der Waals surface area contributed by atoms with E-state index in [1.54, 1.807) is 14.0 Å². The Balaban J connectivity index is 1.68. The van der Waals surface area contributed by atoms with Crippen LogP contribution in [0.5, 0.6) is 5.75 Å². The third-order valence-corrected chi connectivity index (χ3v) is 8.19. The average Bonchev–Trinajstić information content (AvgIpc) is 3.37. The topological polar surface area (TPSA) is 93.0 Å². The highest BCUT2D eigenvalue weighted by atomic mass is 32.2. The molecule has 0 fully saturated rings. The van der Waals surface area contributed by atoms with Gasteiger partial charge in [-0.15, -0.1) is 4.72 Å². The molecule has 2 atom stereocenters. The number of hydrogen-bond donors (Lipinski definition) is 1. The maximum atomic E-state index is 14.2. The summed E-state index contributed by atoms with van der Waals surface area (Å²) in [4.78, 5) is 12.1. The number of ether oxygens (including phenoxy) is 3. The Hall–Kier alpha value is -3.37. The summed E-state index contributed by atoms with van der Waals surface area (Å²) in [6, 6.07) is 20.1. The first kappa shape index (κ1) is 31.6. The van der Waals surface area contributed by atoms with E-state index in [2.05, 4.69) is 4.72 Å². The first-order chi connectivity index (χ1) is 20.1. The van der Waals surface area contributed by atoms with Gasteiger partial charge in [0.25, 0.3) is 0 Å². The van der Waals surface area contributed by atoms with Crippen molar-refractivity contribution in [3.05, 3.63) is 89.2 Å². The second-order valence-corrected chi connectivity index (χ2v) is 12.9. The molecule has 0 aliphatic carbocycles. The summed E-state index contributed by atoms with van der Waals surface area (Å²) in [6.45, 7) is 7.47. The smallest absolute Gasteiger partial charge is 0.310 e. The van der Waals surface area contributed by atoms with Gasteiger partial charge in [-0.25, -0.2) is 4.39 Å². The quantitative estimate of drug-likeness (QED) is 0.132. The van der Waals surface area contributed by atoms with E-state index < -0.39 is 28.8 Å². The molecule has 224 valence electrons. The second-order valence-electron chi connectivity index (χ2n) is 10.9. The standard InChI is InChI=1S/C33H38FNO6S/c1-6-39-31(36)18-25-10-7-8-13-30(25)40-20-22-14-26-17-27(21-38-5)41-32(26)28(15-22)23-11-9-12-24(16-23)29(19-34)35-42(37)33(2,3)4/h7-17,29,35H,6,18-21H2,1-5H3/t29-,42?/m0/s1. The number of alkyl halides is 1. The summed E-state index contributed by atoms with van der Waals surface area (Å²) in [6.07, 6.45) is 0.118. The van der Waals surface area contributed by atoms with Crippen LogP contribution in [0.25, 0.3) is 22.1 Å². The molecule has 3 aromatic carbocycles. The minimum atomic E-state index is -1.44. The lowest BCUT2D eigenvalue weighted by Crippen LogP contribution is -2.41. The maximum absolute atomic E-state index is 14.2. The van der Waals surface area contributed by atoms with E-state index in [9.17, 15) is 13.7 Å². The minimum absolute atomic E-state index is 0.118. The molecule has 1 heterocycles. The van der Waals surface area contributed by atoms with Gasteiger partial charge in [-0.2, -0.15) is 0 Å². The van der Waals surface area contributed by atoms with Crippen LogP contribution < -0.4 is 9.46 Å². The van der Waals surface area contributed by atoms with Gasteiger partial charge in [0, 0.05) is 35.0 Å². The number of rotatable bonds is 13. The van der Waals surface area contributed by atoms with Crippen molar-refractivity contribution in [3.63, 3.8) is 0 Å². The number of para-hydroxylation sites is 1. The number of esters is 1. The highest BCUT2D eigenvalue weighted by molar-refractivity contribution is 7.90. The van der Waals surface area contributed by atoms with Crippen molar-refractivity contribution in [2.75, 3.05) is 20.4 Å². The Kier molecular flexibility index (Phi) is 10.7. The summed E-state index contributed by atoms with van der Waals surface area (Å²) in [5, 5.41) is 0.873. The van der Waals surface area contributed by atoms with Gasteiger partial charge in [0.1, 0.15) is 47.8 Å². The van der Waals surface area contributed by atoms with Gasteiger partial charge in [0.05, 0.1) is 13.0 Å². The molecule has 7 nitrogen and oxygen atoms in total. The molecule has 1 N–H and O–H groups in total. The molecule has 0 spiro atoms. The normalized spacial score (nSPS) is 13.2. The predicted octanol–water partition coefficient (Wildman–Crippen LogP) is 6.99. The molecule has 1 aromatic heterocycles. The fraction of sp³-hybridized carbons (Fsp3) is 0.364. The third kappa shape index (κ3) is 7.92. The molecule has 4 aromatic rings. The monoisotopic (exact) mass is 595 g/mol. The van der Waals surface area contributed by atoms with Gasteiger partial charge >= 0.3 is 5.97 Å². The van der Waals surface area contributed by atoms with Crippen LogP contribution in [0.3, 0.4) is 0 Å². The van der Waals surface area contributed by atoms with Crippen molar-refractivity contribution in [3.8, 4) is 16.9 Å². The van der Waals surface area contributed by atoms with Crippen LogP contribution in [0.4, 0.5) is 4.39 Å². The molecule has 0 bridgehead atoms. The number of furan rings is 1. The number of halogens is 1. The molecule has 42 heavy (non-hydrogen) atoms. The first-order valence-electron chi connectivity index (χ1n) is 13.9. The number of nitrogens with one attached hydrogen (secondary N) is 1. The minimum Gasteiger partial charge on any atom is -0.598 e. The number of carbonyl (C=O) groups excluding carboxylic acids is 1. The number of benzene rings is 3. The molecule has 0 amide bonds. The predicted molar refractivity (Wildman–Crippen MR) is 163 cm³/mol. The summed E-state index contributed by atoms with van der Waals surface area (Å²) in [7, 11) is 1.61. The zero-order valence-corrected chi connectivity index (χ0v) is 25.5. The van der Waals surface area contributed by atoms with E-state index in [0.29, 0.717) is 35.9 Å². The molecule has 4 rings (SSSR count). The Morgan fingerprint density at radius 3 is 2.57 bits per heavy atom. The molecular formula is C33H38FNO6S. The highest BCUT2D eigenvalue weighted by Crippen LogP contribution is 2.35.